The average Bonchev–Trinajstić information content (AvgIpc) is 2.77. The van der Waals surface area contributed by atoms with E-state index >= 15 is 0 Å². The lowest BCUT2D eigenvalue weighted by molar-refractivity contribution is -0.139. The topological polar surface area (TPSA) is 40.5 Å². The molecule has 2 aliphatic carbocycles. The minimum atomic E-state index is -0.770. The summed E-state index contributed by atoms with van der Waals surface area (Å²) in [7, 11) is 0. The zero-order valence-corrected chi connectivity index (χ0v) is 8.85. The number of carbonyl (C=O) groups is 1. The maximum atomic E-state index is 10.7. The second kappa shape index (κ2) is 4.24. The van der Waals surface area contributed by atoms with E-state index in [-0.39, 0.29) is 6.54 Å². The Balaban J connectivity index is 1.99. The number of nitrogens with zero attached hydrogens (tertiary/aromatic N) is 1. The highest BCUT2D eigenvalue weighted by molar-refractivity contribution is 5.69. The summed E-state index contributed by atoms with van der Waals surface area (Å²) < 4.78 is 0. The molecule has 82 valence electrons. The van der Waals surface area contributed by atoms with Crippen molar-refractivity contribution in [1.29, 1.82) is 0 Å². The van der Waals surface area contributed by atoms with Gasteiger partial charge in [0.2, 0.25) is 0 Å². The zero-order chi connectivity index (χ0) is 10.8. The van der Waals surface area contributed by atoms with Crippen LogP contribution in [-0.2, 0) is 4.79 Å². The second-order valence-corrected chi connectivity index (χ2v) is 4.75. The quantitative estimate of drug-likeness (QED) is 0.704. The molecule has 0 aromatic heterocycles. The molecule has 0 saturated heterocycles. The van der Waals surface area contributed by atoms with Gasteiger partial charge in [-0.05, 0) is 31.1 Å². The van der Waals surface area contributed by atoms with Gasteiger partial charge >= 0.3 is 5.97 Å². The first-order valence-corrected chi connectivity index (χ1v) is 5.60. The Labute approximate surface area is 90.5 Å². The Morgan fingerprint density at radius 2 is 2.27 bits per heavy atom. The fourth-order valence-electron chi connectivity index (χ4n) is 3.24. The van der Waals surface area contributed by atoms with E-state index in [1.807, 2.05) is 4.90 Å². The summed E-state index contributed by atoms with van der Waals surface area (Å²) in [5.41, 5.74) is 0. The predicted octanol–water partition coefficient (Wildman–Crippen LogP) is 1.19. The Morgan fingerprint density at radius 3 is 2.73 bits per heavy atom. The van der Waals surface area contributed by atoms with E-state index in [2.05, 4.69) is 5.92 Å². The van der Waals surface area contributed by atoms with Gasteiger partial charge in [-0.3, -0.25) is 9.69 Å². The SMILES string of the molecule is C#CCN(CC(=O)O)C1CC2CCC1C2. The van der Waals surface area contributed by atoms with Gasteiger partial charge < -0.3 is 5.11 Å². The van der Waals surface area contributed by atoms with E-state index in [9.17, 15) is 4.79 Å². The molecule has 2 bridgehead atoms. The number of hydrogen-bond donors (Lipinski definition) is 1. The molecule has 2 rings (SSSR count). The number of rotatable bonds is 4. The monoisotopic (exact) mass is 207 g/mol. The van der Waals surface area contributed by atoms with Crippen molar-refractivity contribution >= 4 is 5.97 Å². The van der Waals surface area contributed by atoms with Crippen LogP contribution in [0.1, 0.15) is 25.7 Å². The van der Waals surface area contributed by atoms with E-state index in [1.165, 1.54) is 19.3 Å². The highest BCUT2D eigenvalue weighted by atomic mass is 16.4. The van der Waals surface area contributed by atoms with Gasteiger partial charge in [-0.2, -0.15) is 0 Å². The molecule has 0 radical (unpaired) electrons. The lowest BCUT2D eigenvalue weighted by Gasteiger charge is -2.31. The molecule has 0 aromatic rings. The van der Waals surface area contributed by atoms with Crippen molar-refractivity contribution < 1.29 is 9.90 Å². The Hall–Kier alpha value is -1.01. The molecule has 2 aliphatic rings. The number of terminal acetylenes is 1. The van der Waals surface area contributed by atoms with Gasteiger partial charge in [0.15, 0.2) is 0 Å². The van der Waals surface area contributed by atoms with Crippen LogP contribution in [0.2, 0.25) is 0 Å². The van der Waals surface area contributed by atoms with E-state index < -0.39 is 5.97 Å². The summed E-state index contributed by atoms with van der Waals surface area (Å²) in [6.45, 7) is 0.568. The van der Waals surface area contributed by atoms with Gasteiger partial charge in [0, 0.05) is 6.04 Å². The highest BCUT2D eigenvalue weighted by Gasteiger charge is 2.42. The first kappa shape index (κ1) is 10.5. The van der Waals surface area contributed by atoms with Gasteiger partial charge in [0.05, 0.1) is 13.1 Å². The fourth-order valence-corrected chi connectivity index (χ4v) is 3.24. The van der Waals surface area contributed by atoms with Crippen LogP contribution in [0.5, 0.6) is 0 Å². The van der Waals surface area contributed by atoms with Crippen molar-refractivity contribution in [2.45, 2.75) is 31.7 Å². The molecular formula is C12H17NO2. The molecule has 0 heterocycles. The van der Waals surface area contributed by atoms with Crippen LogP contribution in [0.3, 0.4) is 0 Å². The van der Waals surface area contributed by atoms with Crippen LogP contribution in [0, 0.1) is 24.2 Å². The molecular weight excluding hydrogens is 190 g/mol. The lowest BCUT2D eigenvalue weighted by Crippen LogP contribution is -2.42. The van der Waals surface area contributed by atoms with Crippen molar-refractivity contribution in [3.63, 3.8) is 0 Å². The minimum absolute atomic E-state index is 0.0953. The smallest absolute Gasteiger partial charge is 0.317 e. The summed E-state index contributed by atoms with van der Waals surface area (Å²) in [5, 5.41) is 8.83. The number of carboxylic acids is 1. The van der Waals surface area contributed by atoms with E-state index in [0.29, 0.717) is 18.5 Å². The predicted molar refractivity (Wildman–Crippen MR) is 57.3 cm³/mol. The van der Waals surface area contributed by atoms with Crippen LogP contribution in [-0.4, -0.2) is 35.1 Å². The molecule has 1 N–H and O–H groups in total. The first-order chi connectivity index (χ1) is 7.20. The van der Waals surface area contributed by atoms with Gasteiger partial charge in [0.1, 0.15) is 0 Å². The molecule has 2 saturated carbocycles. The molecule has 3 unspecified atom stereocenters. The normalized spacial score (nSPS) is 33.2. The molecule has 2 fully saturated rings. The van der Waals surface area contributed by atoms with E-state index in [0.717, 1.165) is 12.3 Å². The van der Waals surface area contributed by atoms with Crippen molar-refractivity contribution in [2.75, 3.05) is 13.1 Å². The summed E-state index contributed by atoms with van der Waals surface area (Å²) in [4.78, 5) is 12.7. The van der Waals surface area contributed by atoms with E-state index in [4.69, 9.17) is 11.5 Å². The maximum absolute atomic E-state index is 10.7. The molecule has 0 aliphatic heterocycles. The minimum Gasteiger partial charge on any atom is -0.480 e. The summed E-state index contributed by atoms with van der Waals surface area (Å²) >= 11 is 0. The third kappa shape index (κ3) is 2.15. The number of hydrogen-bond acceptors (Lipinski definition) is 2. The average molecular weight is 207 g/mol. The summed E-state index contributed by atoms with van der Waals surface area (Å²) in [6.07, 6.45) is 10.3. The van der Waals surface area contributed by atoms with Crippen LogP contribution in [0.15, 0.2) is 0 Å². The van der Waals surface area contributed by atoms with Gasteiger partial charge in [-0.1, -0.05) is 12.3 Å². The molecule has 0 spiro atoms. The maximum Gasteiger partial charge on any atom is 0.317 e. The number of fused-ring (bicyclic) bond motifs is 2. The van der Waals surface area contributed by atoms with Crippen LogP contribution >= 0.6 is 0 Å². The van der Waals surface area contributed by atoms with Crippen molar-refractivity contribution in [2.24, 2.45) is 11.8 Å². The standard InChI is InChI=1S/C12H17NO2/c1-2-5-13(8-12(14)15)11-7-9-3-4-10(11)6-9/h1,9-11H,3-8H2,(H,14,15). The molecule has 3 nitrogen and oxygen atoms in total. The van der Waals surface area contributed by atoms with Crippen LogP contribution in [0.25, 0.3) is 0 Å². The van der Waals surface area contributed by atoms with Crippen molar-refractivity contribution in [1.82, 2.24) is 4.90 Å². The summed E-state index contributed by atoms with van der Waals surface area (Å²) in [5.74, 6) is 3.33. The number of carboxylic acid groups (broad SMARTS) is 1. The third-order valence-electron chi connectivity index (χ3n) is 3.80. The van der Waals surface area contributed by atoms with Gasteiger partial charge in [-0.25, -0.2) is 0 Å². The summed E-state index contributed by atoms with van der Waals surface area (Å²) in [6, 6.07) is 0.427. The second-order valence-electron chi connectivity index (χ2n) is 4.75. The molecule has 3 atom stereocenters. The van der Waals surface area contributed by atoms with E-state index in [1.54, 1.807) is 0 Å². The van der Waals surface area contributed by atoms with Gasteiger partial charge in [-0.15, -0.1) is 6.42 Å². The molecule has 3 heteroatoms. The Kier molecular flexibility index (Phi) is 2.97. The van der Waals surface area contributed by atoms with Crippen LogP contribution < -0.4 is 0 Å². The fraction of sp³-hybridized carbons (Fsp3) is 0.750. The van der Waals surface area contributed by atoms with Crippen molar-refractivity contribution in [3.8, 4) is 12.3 Å². The third-order valence-corrected chi connectivity index (χ3v) is 3.80. The molecule has 15 heavy (non-hydrogen) atoms. The Bertz CT molecular complexity index is 294. The van der Waals surface area contributed by atoms with Gasteiger partial charge in [0.25, 0.3) is 0 Å². The van der Waals surface area contributed by atoms with Crippen molar-refractivity contribution in [3.05, 3.63) is 0 Å². The number of aliphatic carboxylic acids is 1. The van der Waals surface area contributed by atoms with Crippen LogP contribution in [0.4, 0.5) is 0 Å². The highest BCUT2D eigenvalue weighted by Crippen LogP contribution is 2.46. The Morgan fingerprint density at radius 1 is 1.47 bits per heavy atom. The largest absolute Gasteiger partial charge is 0.480 e. The molecule has 0 amide bonds. The first-order valence-electron chi connectivity index (χ1n) is 5.60. The lowest BCUT2D eigenvalue weighted by atomic mass is 9.94. The molecule has 0 aromatic carbocycles. The zero-order valence-electron chi connectivity index (χ0n) is 8.85.